The van der Waals surface area contributed by atoms with Gasteiger partial charge in [-0.15, -0.1) is 0 Å². The van der Waals surface area contributed by atoms with Crippen LogP contribution in [0, 0.1) is 5.41 Å². The van der Waals surface area contributed by atoms with E-state index >= 15 is 0 Å². The molecule has 1 spiro atoms. The van der Waals surface area contributed by atoms with Crippen molar-refractivity contribution in [2.75, 3.05) is 25.9 Å². The Kier molecular flexibility index (Phi) is 5.36. The molecule has 30 heavy (non-hydrogen) atoms. The molecule has 0 N–H and O–H groups in total. The number of nitrogens with zero attached hydrogens (tertiary/aromatic N) is 3. The first kappa shape index (κ1) is 20.5. The molecule has 2 fully saturated rings. The van der Waals surface area contributed by atoms with E-state index in [-0.39, 0.29) is 23.1 Å². The number of carbonyl (C=O) groups is 2. The summed E-state index contributed by atoms with van der Waals surface area (Å²) in [4.78, 5) is 34.0. The predicted octanol–water partition coefficient (Wildman–Crippen LogP) is 1.68. The van der Waals surface area contributed by atoms with Crippen molar-refractivity contribution in [3.63, 3.8) is 0 Å². The van der Waals surface area contributed by atoms with Crippen LogP contribution in [0.2, 0.25) is 0 Å². The minimum absolute atomic E-state index is 0.0324. The Morgan fingerprint density at radius 1 is 1.10 bits per heavy atom. The number of pyridine rings is 1. The molecule has 0 bridgehead atoms. The highest BCUT2D eigenvalue weighted by Crippen LogP contribution is 2.41. The first-order valence-electron chi connectivity index (χ1n) is 10.0. The van der Waals surface area contributed by atoms with E-state index in [1.54, 1.807) is 23.2 Å². The summed E-state index contributed by atoms with van der Waals surface area (Å²) < 4.78 is 23.2. The lowest BCUT2D eigenvalue weighted by atomic mass is 9.85. The molecule has 2 saturated heterocycles. The zero-order chi connectivity index (χ0) is 21.4. The molecule has 1 atom stereocenters. The molecular formula is C22H25N3O4S. The highest BCUT2D eigenvalue weighted by molar-refractivity contribution is 7.90. The molecule has 1 aromatic heterocycles. The van der Waals surface area contributed by atoms with Gasteiger partial charge in [0.15, 0.2) is 9.84 Å². The Bertz CT molecular complexity index is 1050. The molecule has 7 nitrogen and oxygen atoms in total. The lowest BCUT2D eigenvalue weighted by Gasteiger charge is -2.23. The summed E-state index contributed by atoms with van der Waals surface area (Å²) in [5.74, 6) is 0.0796. The van der Waals surface area contributed by atoms with Crippen LogP contribution in [0.1, 0.15) is 24.1 Å². The highest BCUT2D eigenvalue weighted by atomic mass is 32.2. The molecule has 3 heterocycles. The van der Waals surface area contributed by atoms with E-state index in [1.165, 1.54) is 12.1 Å². The van der Waals surface area contributed by atoms with Crippen molar-refractivity contribution < 1.29 is 18.0 Å². The average Bonchev–Trinajstić information content (AvgIpc) is 3.29. The standard InChI is InChI=1S/C22H25N3O4S/c1-30(28,29)19-7-5-17(6-8-19)14-20(26)25-13-10-22(16-25)9-12-24(21(22)27)15-18-4-2-3-11-23-18/h2-8,11H,9-10,12-16H2,1H3. The molecule has 0 radical (unpaired) electrons. The third-order valence-corrected chi connectivity index (χ3v) is 7.22. The SMILES string of the molecule is CS(=O)(=O)c1ccc(CC(=O)N2CCC3(CCN(Cc4ccccn4)C3=O)C2)cc1. The molecular weight excluding hydrogens is 402 g/mol. The van der Waals surface area contributed by atoms with Gasteiger partial charge in [-0.2, -0.15) is 0 Å². The first-order valence-corrected chi connectivity index (χ1v) is 11.9. The highest BCUT2D eigenvalue weighted by Gasteiger charge is 2.51. The quantitative estimate of drug-likeness (QED) is 0.725. The lowest BCUT2D eigenvalue weighted by Crippen LogP contribution is -2.38. The third kappa shape index (κ3) is 4.09. The predicted molar refractivity (Wildman–Crippen MR) is 111 cm³/mol. The van der Waals surface area contributed by atoms with Crippen molar-refractivity contribution in [2.24, 2.45) is 5.41 Å². The van der Waals surface area contributed by atoms with Crippen molar-refractivity contribution in [2.45, 2.75) is 30.7 Å². The van der Waals surface area contributed by atoms with E-state index in [4.69, 9.17) is 0 Å². The minimum atomic E-state index is -3.25. The maximum absolute atomic E-state index is 13.1. The second-order valence-corrected chi connectivity index (χ2v) is 10.3. The summed E-state index contributed by atoms with van der Waals surface area (Å²) in [6, 6.07) is 12.1. The average molecular weight is 428 g/mol. The second-order valence-electron chi connectivity index (χ2n) is 8.24. The molecule has 2 aromatic rings. The van der Waals surface area contributed by atoms with E-state index in [0.717, 1.165) is 23.9 Å². The van der Waals surface area contributed by atoms with Crippen LogP contribution in [-0.4, -0.2) is 60.9 Å². The maximum Gasteiger partial charge on any atom is 0.231 e. The van der Waals surface area contributed by atoms with Crippen molar-refractivity contribution in [1.82, 2.24) is 14.8 Å². The van der Waals surface area contributed by atoms with Crippen molar-refractivity contribution >= 4 is 21.7 Å². The summed E-state index contributed by atoms with van der Waals surface area (Å²) in [6.45, 7) is 2.21. The van der Waals surface area contributed by atoms with Crippen LogP contribution in [0.4, 0.5) is 0 Å². The molecule has 2 aliphatic heterocycles. The molecule has 4 rings (SSSR count). The molecule has 0 aliphatic carbocycles. The summed E-state index contributed by atoms with van der Waals surface area (Å²) >= 11 is 0. The second kappa shape index (κ2) is 7.83. The van der Waals surface area contributed by atoms with Gasteiger partial charge in [-0.1, -0.05) is 18.2 Å². The van der Waals surface area contributed by atoms with Gasteiger partial charge in [-0.3, -0.25) is 14.6 Å². The number of benzene rings is 1. The van der Waals surface area contributed by atoms with E-state index in [2.05, 4.69) is 4.98 Å². The summed E-state index contributed by atoms with van der Waals surface area (Å²) in [6.07, 6.45) is 4.53. The number of rotatable bonds is 5. The Labute approximate surface area is 176 Å². The van der Waals surface area contributed by atoms with Gasteiger partial charge < -0.3 is 9.80 Å². The number of likely N-dealkylation sites (tertiary alicyclic amines) is 2. The van der Waals surface area contributed by atoms with E-state index in [1.807, 2.05) is 23.1 Å². The largest absolute Gasteiger partial charge is 0.341 e. The summed E-state index contributed by atoms with van der Waals surface area (Å²) in [7, 11) is -3.25. The zero-order valence-corrected chi connectivity index (χ0v) is 17.8. The van der Waals surface area contributed by atoms with E-state index < -0.39 is 15.3 Å². The molecule has 158 valence electrons. The Balaban J connectivity index is 1.38. The van der Waals surface area contributed by atoms with Gasteiger partial charge >= 0.3 is 0 Å². The summed E-state index contributed by atoms with van der Waals surface area (Å²) in [5, 5.41) is 0. The fourth-order valence-corrected chi connectivity index (χ4v) is 4.97. The molecule has 2 amide bonds. The minimum Gasteiger partial charge on any atom is -0.341 e. The van der Waals surface area contributed by atoms with Crippen molar-refractivity contribution in [3.05, 3.63) is 59.9 Å². The molecule has 1 aromatic carbocycles. The molecule has 0 saturated carbocycles. The van der Waals surface area contributed by atoms with Crippen molar-refractivity contribution in [3.8, 4) is 0 Å². The first-order chi connectivity index (χ1) is 14.3. The van der Waals surface area contributed by atoms with Crippen LogP contribution in [0.15, 0.2) is 53.6 Å². The fraction of sp³-hybridized carbons (Fsp3) is 0.409. The lowest BCUT2D eigenvalue weighted by molar-refractivity contribution is -0.136. The van der Waals surface area contributed by atoms with Crippen LogP contribution in [0.5, 0.6) is 0 Å². The number of carbonyl (C=O) groups excluding carboxylic acids is 2. The van der Waals surface area contributed by atoms with E-state index in [9.17, 15) is 18.0 Å². The number of hydrogen-bond donors (Lipinski definition) is 0. The maximum atomic E-state index is 13.1. The molecule has 2 aliphatic rings. The number of amides is 2. The third-order valence-electron chi connectivity index (χ3n) is 6.09. The smallest absolute Gasteiger partial charge is 0.231 e. The molecule has 8 heteroatoms. The zero-order valence-electron chi connectivity index (χ0n) is 17.0. The Morgan fingerprint density at radius 2 is 1.83 bits per heavy atom. The van der Waals surface area contributed by atoms with Gasteiger partial charge in [-0.05, 0) is 42.7 Å². The topological polar surface area (TPSA) is 87.7 Å². The number of aromatic nitrogens is 1. The van der Waals surface area contributed by atoms with E-state index in [0.29, 0.717) is 32.6 Å². The van der Waals surface area contributed by atoms with Crippen molar-refractivity contribution in [1.29, 1.82) is 0 Å². The Hall–Kier alpha value is -2.74. The van der Waals surface area contributed by atoms with Crippen LogP contribution in [-0.2, 0) is 32.4 Å². The number of hydrogen-bond acceptors (Lipinski definition) is 5. The van der Waals surface area contributed by atoms with Crippen LogP contribution < -0.4 is 0 Å². The van der Waals surface area contributed by atoms with Gasteiger partial charge in [0.2, 0.25) is 11.8 Å². The molecule has 1 unspecified atom stereocenters. The van der Waals surface area contributed by atoms with Crippen LogP contribution in [0.3, 0.4) is 0 Å². The number of sulfone groups is 1. The van der Waals surface area contributed by atoms with Crippen LogP contribution in [0.25, 0.3) is 0 Å². The van der Waals surface area contributed by atoms with Gasteiger partial charge in [0.1, 0.15) is 0 Å². The fourth-order valence-electron chi connectivity index (χ4n) is 4.34. The van der Waals surface area contributed by atoms with Gasteiger partial charge in [0, 0.05) is 32.1 Å². The normalized spacial score (nSPS) is 21.6. The van der Waals surface area contributed by atoms with Crippen LogP contribution >= 0.6 is 0 Å². The Morgan fingerprint density at radius 3 is 2.50 bits per heavy atom. The monoisotopic (exact) mass is 427 g/mol. The van der Waals surface area contributed by atoms with Gasteiger partial charge in [0.05, 0.1) is 29.0 Å². The summed E-state index contributed by atoms with van der Waals surface area (Å²) in [5.41, 5.74) is 1.15. The van der Waals surface area contributed by atoms with Gasteiger partial charge in [-0.25, -0.2) is 8.42 Å². The van der Waals surface area contributed by atoms with Gasteiger partial charge in [0.25, 0.3) is 0 Å².